The van der Waals surface area contributed by atoms with Crippen LogP contribution in [0.3, 0.4) is 0 Å². The van der Waals surface area contributed by atoms with E-state index in [0.717, 1.165) is 4.68 Å². The van der Waals surface area contributed by atoms with Crippen molar-refractivity contribution >= 4 is 12.0 Å². The van der Waals surface area contributed by atoms with Crippen LogP contribution in [-0.4, -0.2) is 16.1 Å². The van der Waals surface area contributed by atoms with Gasteiger partial charge in [-0.2, -0.15) is 0 Å². The first kappa shape index (κ1) is 6.47. The third-order valence-electron chi connectivity index (χ3n) is 1.19. The van der Waals surface area contributed by atoms with Crippen LogP contribution in [-0.2, 0) is 0 Å². The summed E-state index contributed by atoms with van der Waals surface area (Å²) in [4.78, 5) is 10.2. The molecule has 1 heterocycles. The molecule has 5 N–H and O–H groups in total. The van der Waals surface area contributed by atoms with Crippen LogP contribution < -0.4 is 11.6 Å². The van der Waals surface area contributed by atoms with E-state index in [4.69, 9.17) is 16.7 Å². The normalized spacial score (nSPS) is 9.60. The van der Waals surface area contributed by atoms with Gasteiger partial charge >= 0.3 is 0 Å². The van der Waals surface area contributed by atoms with Gasteiger partial charge in [-0.25, -0.2) is 4.68 Å². The van der Waals surface area contributed by atoms with Crippen molar-refractivity contribution < 1.29 is 9.90 Å². The Morgan fingerprint density at radius 3 is 2.50 bits per heavy atom. The predicted octanol–water partition coefficient (Wildman–Crippen LogP) is -0.698. The molecule has 0 bridgehead atoms. The Labute approximate surface area is 56.8 Å². The van der Waals surface area contributed by atoms with Gasteiger partial charge in [0.15, 0.2) is 6.29 Å². The van der Waals surface area contributed by atoms with Gasteiger partial charge in [0.1, 0.15) is 5.56 Å². The molecule has 0 spiro atoms. The first-order valence-corrected chi connectivity index (χ1v) is 2.57. The lowest BCUT2D eigenvalue weighted by molar-refractivity contribution is 0.112. The van der Waals surface area contributed by atoms with Crippen LogP contribution >= 0.6 is 0 Å². The fourth-order valence-corrected chi connectivity index (χ4v) is 0.669. The second kappa shape index (κ2) is 1.94. The van der Waals surface area contributed by atoms with Crippen molar-refractivity contribution in [3.8, 4) is 5.88 Å². The molecule has 0 aliphatic carbocycles. The Bertz CT molecular complexity index is 266. The van der Waals surface area contributed by atoms with Gasteiger partial charge in [0.05, 0.1) is 11.9 Å². The minimum absolute atomic E-state index is 0.0301. The standard InChI is InChI=1S/C5H7N3O2/c6-4-1-8(7)5(10)3(4)2-9/h1-2,10H,6-7H2. The first-order valence-electron chi connectivity index (χ1n) is 2.57. The van der Waals surface area contributed by atoms with Crippen LogP contribution in [0.25, 0.3) is 0 Å². The maximum absolute atomic E-state index is 10.2. The van der Waals surface area contributed by atoms with Gasteiger partial charge in [0.25, 0.3) is 0 Å². The third-order valence-corrected chi connectivity index (χ3v) is 1.19. The molecular weight excluding hydrogens is 134 g/mol. The van der Waals surface area contributed by atoms with Gasteiger partial charge in [-0.15, -0.1) is 0 Å². The molecule has 0 atom stereocenters. The number of rotatable bonds is 1. The molecule has 0 aromatic carbocycles. The number of carbonyl (C=O) groups excluding carboxylic acids is 1. The number of nitrogens with two attached hydrogens (primary N) is 2. The van der Waals surface area contributed by atoms with Crippen molar-refractivity contribution in [2.75, 3.05) is 11.6 Å². The molecule has 0 saturated carbocycles. The molecule has 5 heteroatoms. The topological polar surface area (TPSA) is 94.3 Å². The lowest BCUT2D eigenvalue weighted by Gasteiger charge is -1.91. The van der Waals surface area contributed by atoms with Crippen molar-refractivity contribution in [2.45, 2.75) is 0 Å². The molecule has 0 unspecified atom stereocenters. The Morgan fingerprint density at radius 1 is 1.70 bits per heavy atom. The van der Waals surface area contributed by atoms with Gasteiger partial charge in [-0.05, 0) is 0 Å². The number of nitrogens with zero attached hydrogens (tertiary/aromatic N) is 1. The molecule has 0 aliphatic heterocycles. The molecule has 1 aromatic heterocycles. The third kappa shape index (κ3) is 0.680. The number of aromatic hydroxyl groups is 1. The van der Waals surface area contributed by atoms with Crippen molar-refractivity contribution in [3.63, 3.8) is 0 Å². The van der Waals surface area contributed by atoms with E-state index in [1.165, 1.54) is 6.20 Å². The minimum atomic E-state index is -0.312. The number of carbonyl (C=O) groups is 1. The van der Waals surface area contributed by atoms with E-state index in [0.29, 0.717) is 6.29 Å². The Balaban J connectivity index is 3.33. The second-order valence-electron chi connectivity index (χ2n) is 1.85. The van der Waals surface area contributed by atoms with E-state index < -0.39 is 0 Å². The van der Waals surface area contributed by atoms with Crippen molar-refractivity contribution in [2.24, 2.45) is 0 Å². The molecule has 54 valence electrons. The highest BCUT2D eigenvalue weighted by Crippen LogP contribution is 2.20. The molecule has 0 radical (unpaired) electrons. The van der Waals surface area contributed by atoms with Gasteiger partial charge < -0.3 is 16.7 Å². The summed E-state index contributed by atoms with van der Waals surface area (Å²) in [5.41, 5.74) is 5.47. The lowest BCUT2D eigenvalue weighted by Crippen LogP contribution is -2.04. The number of anilines is 1. The summed E-state index contributed by atoms with van der Waals surface area (Å²) in [6.45, 7) is 0. The summed E-state index contributed by atoms with van der Waals surface area (Å²) < 4.78 is 0.888. The van der Waals surface area contributed by atoms with E-state index in [-0.39, 0.29) is 17.1 Å². The number of aldehydes is 1. The summed E-state index contributed by atoms with van der Waals surface area (Å²) in [7, 11) is 0. The highest BCUT2D eigenvalue weighted by molar-refractivity contribution is 5.86. The second-order valence-corrected chi connectivity index (χ2v) is 1.85. The summed E-state index contributed by atoms with van der Waals surface area (Å²) in [6, 6.07) is 0. The van der Waals surface area contributed by atoms with E-state index in [9.17, 15) is 4.79 Å². The number of hydrogen-bond donors (Lipinski definition) is 3. The van der Waals surface area contributed by atoms with Crippen LogP contribution in [0.1, 0.15) is 10.4 Å². The Morgan fingerprint density at radius 2 is 2.30 bits per heavy atom. The summed E-state index contributed by atoms with van der Waals surface area (Å²) in [6.07, 6.45) is 1.72. The minimum Gasteiger partial charge on any atom is -0.493 e. The molecule has 0 amide bonds. The SMILES string of the molecule is Nc1cn(N)c(O)c1C=O. The summed E-state index contributed by atoms with van der Waals surface area (Å²) >= 11 is 0. The molecule has 0 fully saturated rings. The van der Waals surface area contributed by atoms with Crippen molar-refractivity contribution in [3.05, 3.63) is 11.8 Å². The highest BCUT2D eigenvalue weighted by atomic mass is 16.3. The summed E-state index contributed by atoms with van der Waals surface area (Å²) in [5, 5.41) is 8.95. The monoisotopic (exact) mass is 141 g/mol. The van der Waals surface area contributed by atoms with Crippen molar-refractivity contribution in [1.29, 1.82) is 0 Å². The van der Waals surface area contributed by atoms with E-state index in [2.05, 4.69) is 0 Å². The van der Waals surface area contributed by atoms with Gasteiger partial charge in [0.2, 0.25) is 5.88 Å². The van der Waals surface area contributed by atoms with Gasteiger partial charge in [-0.1, -0.05) is 0 Å². The highest BCUT2D eigenvalue weighted by Gasteiger charge is 2.09. The molecule has 1 rings (SSSR count). The average molecular weight is 141 g/mol. The fraction of sp³-hybridized carbons (Fsp3) is 0. The lowest BCUT2D eigenvalue weighted by atomic mass is 10.3. The van der Waals surface area contributed by atoms with E-state index in [1.807, 2.05) is 0 Å². The molecule has 5 nitrogen and oxygen atoms in total. The smallest absolute Gasteiger partial charge is 0.222 e. The Hall–Kier alpha value is -1.65. The molecule has 10 heavy (non-hydrogen) atoms. The summed E-state index contributed by atoms with van der Waals surface area (Å²) in [5.74, 6) is 4.83. The zero-order chi connectivity index (χ0) is 7.72. The van der Waals surface area contributed by atoms with E-state index >= 15 is 0 Å². The average Bonchev–Trinajstić information content (AvgIpc) is 2.09. The van der Waals surface area contributed by atoms with Gasteiger partial charge in [0, 0.05) is 0 Å². The number of nitrogen functional groups attached to an aromatic ring is 2. The maximum atomic E-state index is 10.2. The fourth-order valence-electron chi connectivity index (χ4n) is 0.669. The van der Waals surface area contributed by atoms with Crippen LogP contribution in [0.5, 0.6) is 5.88 Å². The van der Waals surface area contributed by atoms with Crippen LogP contribution in [0, 0.1) is 0 Å². The predicted molar refractivity (Wildman–Crippen MR) is 36.0 cm³/mol. The molecule has 0 aliphatic rings. The largest absolute Gasteiger partial charge is 0.493 e. The zero-order valence-corrected chi connectivity index (χ0v) is 5.11. The molecule has 0 saturated heterocycles. The van der Waals surface area contributed by atoms with E-state index in [1.54, 1.807) is 0 Å². The van der Waals surface area contributed by atoms with Crippen molar-refractivity contribution in [1.82, 2.24) is 4.68 Å². The van der Waals surface area contributed by atoms with Gasteiger partial charge in [-0.3, -0.25) is 4.79 Å². The van der Waals surface area contributed by atoms with Crippen LogP contribution in [0.15, 0.2) is 6.20 Å². The number of hydrogen-bond acceptors (Lipinski definition) is 4. The first-order chi connectivity index (χ1) is 4.66. The maximum Gasteiger partial charge on any atom is 0.222 e. The van der Waals surface area contributed by atoms with Crippen LogP contribution in [0.2, 0.25) is 0 Å². The number of aromatic nitrogens is 1. The molecular formula is C5H7N3O2. The van der Waals surface area contributed by atoms with Crippen LogP contribution in [0.4, 0.5) is 5.69 Å². The quantitative estimate of drug-likeness (QED) is 0.356. The zero-order valence-electron chi connectivity index (χ0n) is 5.11. The molecule has 1 aromatic rings. The Kier molecular flexibility index (Phi) is 1.26.